The Hall–Kier alpha value is -1.39. The first-order chi connectivity index (χ1) is 6.43. The second-order valence-electron chi connectivity index (χ2n) is 3.30. The molecule has 0 aromatic heterocycles. The highest BCUT2D eigenvalue weighted by atomic mass is 16.4. The van der Waals surface area contributed by atoms with Crippen molar-refractivity contribution in [3.63, 3.8) is 0 Å². The zero-order valence-electron chi connectivity index (χ0n) is 8.37. The normalized spacial score (nSPS) is 9.93. The lowest BCUT2D eigenvalue weighted by molar-refractivity contribution is -0.138. The van der Waals surface area contributed by atoms with Crippen molar-refractivity contribution in [1.29, 1.82) is 0 Å². The van der Waals surface area contributed by atoms with Gasteiger partial charge in [0.2, 0.25) is 5.91 Å². The van der Waals surface area contributed by atoms with Gasteiger partial charge in [0, 0.05) is 12.3 Å². The van der Waals surface area contributed by atoms with Crippen molar-refractivity contribution in [3.8, 4) is 0 Å². The van der Waals surface area contributed by atoms with Crippen LogP contribution in [0.2, 0.25) is 0 Å². The second kappa shape index (κ2) is 6.12. The van der Waals surface area contributed by atoms with Crippen molar-refractivity contribution in [2.45, 2.75) is 26.7 Å². The maximum absolute atomic E-state index is 11.0. The quantitative estimate of drug-likeness (QED) is 0.642. The first-order valence-electron chi connectivity index (χ1n) is 4.44. The number of rotatable bonds is 6. The standard InChI is InChI=1S/C9H15NO4/c1-6(2)9(14)10-5-7(11)3-4-8(12)13/h6H,3-5H2,1-2H3,(H,10,14)(H,12,13). The van der Waals surface area contributed by atoms with E-state index >= 15 is 0 Å². The Kier molecular flexibility index (Phi) is 5.52. The van der Waals surface area contributed by atoms with E-state index < -0.39 is 5.97 Å². The van der Waals surface area contributed by atoms with Crippen LogP contribution in [0.1, 0.15) is 26.7 Å². The van der Waals surface area contributed by atoms with Gasteiger partial charge in [-0.05, 0) is 0 Å². The Balaban J connectivity index is 3.64. The molecule has 0 atom stereocenters. The molecule has 0 radical (unpaired) electrons. The molecule has 0 saturated carbocycles. The summed E-state index contributed by atoms with van der Waals surface area (Å²) in [4.78, 5) is 32.1. The summed E-state index contributed by atoms with van der Waals surface area (Å²) < 4.78 is 0. The number of carboxylic acids is 1. The molecule has 14 heavy (non-hydrogen) atoms. The summed E-state index contributed by atoms with van der Waals surface area (Å²) in [5.41, 5.74) is 0. The van der Waals surface area contributed by atoms with Crippen LogP contribution in [0.5, 0.6) is 0 Å². The van der Waals surface area contributed by atoms with Gasteiger partial charge in [-0.25, -0.2) is 0 Å². The van der Waals surface area contributed by atoms with Crippen molar-refractivity contribution in [1.82, 2.24) is 5.32 Å². The zero-order valence-corrected chi connectivity index (χ0v) is 8.37. The lowest BCUT2D eigenvalue weighted by Gasteiger charge is -2.05. The minimum absolute atomic E-state index is 0.0340. The molecule has 0 fully saturated rings. The van der Waals surface area contributed by atoms with E-state index in [4.69, 9.17) is 5.11 Å². The summed E-state index contributed by atoms with van der Waals surface area (Å²) >= 11 is 0. The third-order valence-corrected chi connectivity index (χ3v) is 1.60. The summed E-state index contributed by atoms with van der Waals surface area (Å²) in [5.74, 6) is -1.63. The van der Waals surface area contributed by atoms with Gasteiger partial charge in [-0.15, -0.1) is 0 Å². The third kappa shape index (κ3) is 6.16. The van der Waals surface area contributed by atoms with Gasteiger partial charge in [-0.3, -0.25) is 14.4 Å². The molecule has 2 N–H and O–H groups in total. The van der Waals surface area contributed by atoms with E-state index in [0.29, 0.717) is 0 Å². The predicted octanol–water partition coefficient (Wildman–Crippen LogP) is 0.192. The number of nitrogens with one attached hydrogen (secondary N) is 1. The number of ketones is 1. The SMILES string of the molecule is CC(C)C(=O)NCC(=O)CCC(=O)O. The fraction of sp³-hybridized carbons (Fsp3) is 0.667. The van der Waals surface area contributed by atoms with E-state index in [1.54, 1.807) is 13.8 Å². The first-order valence-corrected chi connectivity index (χ1v) is 4.44. The largest absolute Gasteiger partial charge is 0.481 e. The molecule has 0 saturated heterocycles. The second-order valence-corrected chi connectivity index (χ2v) is 3.30. The summed E-state index contributed by atoms with van der Waals surface area (Å²) in [5, 5.41) is 10.7. The topological polar surface area (TPSA) is 83.5 Å². The lowest BCUT2D eigenvalue weighted by Crippen LogP contribution is -2.32. The van der Waals surface area contributed by atoms with Gasteiger partial charge in [-0.1, -0.05) is 13.8 Å². The molecular formula is C9H15NO4. The average molecular weight is 201 g/mol. The number of aliphatic carboxylic acids is 1. The van der Waals surface area contributed by atoms with Crippen LogP contribution >= 0.6 is 0 Å². The molecule has 0 bridgehead atoms. The Morgan fingerprint density at radius 3 is 2.21 bits per heavy atom. The van der Waals surface area contributed by atoms with Gasteiger partial charge in [0.25, 0.3) is 0 Å². The molecule has 5 heteroatoms. The smallest absolute Gasteiger partial charge is 0.303 e. The molecule has 5 nitrogen and oxygen atoms in total. The Bertz CT molecular complexity index is 235. The number of hydrogen-bond acceptors (Lipinski definition) is 3. The van der Waals surface area contributed by atoms with Crippen molar-refractivity contribution >= 4 is 17.7 Å². The number of carbonyl (C=O) groups is 3. The highest BCUT2D eigenvalue weighted by Gasteiger charge is 2.09. The Labute approximate surface area is 82.5 Å². The number of Topliss-reactive ketones (excluding diaryl/α,β-unsaturated/α-hetero) is 1. The van der Waals surface area contributed by atoms with Crippen LogP contribution in [0.3, 0.4) is 0 Å². The van der Waals surface area contributed by atoms with Gasteiger partial charge >= 0.3 is 5.97 Å². The monoisotopic (exact) mass is 201 g/mol. The van der Waals surface area contributed by atoms with Crippen molar-refractivity contribution in [2.24, 2.45) is 5.92 Å². The molecule has 0 aromatic rings. The number of carbonyl (C=O) groups excluding carboxylic acids is 2. The van der Waals surface area contributed by atoms with E-state index in [2.05, 4.69) is 5.32 Å². The molecule has 0 aliphatic rings. The van der Waals surface area contributed by atoms with Crippen LogP contribution in [-0.4, -0.2) is 29.3 Å². The maximum atomic E-state index is 11.0. The summed E-state index contributed by atoms with van der Waals surface area (Å²) in [6, 6.07) is 0. The lowest BCUT2D eigenvalue weighted by atomic mass is 10.2. The molecule has 0 aliphatic carbocycles. The number of amides is 1. The van der Waals surface area contributed by atoms with E-state index in [9.17, 15) is 14.4 Å². The van der Waals surface area contributed by atoms with Gasteiger partial charge < -0.3 is 10.4 Å². The number of carboxylic acid groups (broad SMARTS) is 1. The fourth-order valence-corrected chi connectivity index (χ4v) is 0.725. The molecule has 0 unspecified atom stereocenters. The van der Waals surface area contributed by atoms with Crippen LogP contribution < -0.4 is 5.32 Å². The maximum Gasteiger partial charge on any atom is 0.303 e. The summed E-state index contributed by atoms with van der Waals surface area (Å²) in [7, 11) is 0. The average Bonchev–Trinajstić information content (AvgIpc) is 2.10. The highest BCUT2D eigenvalue weighted by molar-refractivity contribution is 5.88. The molecular weight excluding hydrogens is 186 g/mol. The van der Waals surface area contributed by atoms with E-state index in [0.717, 1.165) is 0 Å². The van der Waals surface area contributed by atoms with Gasteiger partial charge in [0.15, 0.2) is 5.78 Å². The highest BCUT2D eigenvalue weighted by Crippen LogP contribution is 1.92. The predicted molar refractivity (Wildman–Crippen MR) is 49.7 cm³/mol. The van der Waals surface area contributed by atoms with E-state index in [-0.39, 0.29) is 37.0 Å². The summed E-state index contributed by atoms with van der Waals surface area (Å²) in [6.07, 6.45) is -0.218. The first kappa shape index (κ1) is 12.6. The van der Waals surface area contributed by atoms with E-state index in [1.165, 1.54) is 0 Å². The molecule has 0 aliphatic heterocycles. The Morgan fingerprint density at radius 1 is 1.21 bits per heavy atom. The van der Waals surface area contributed by atoms with Gasteiger partial charge in [-0.2, -0.15) is 0 Å². The van der Waals surface area contributed by atoms with Crippen molar-refractivity contribution in [3.05, 3.63) is 0 Å². The molecule has 0 spiro atoms. The molecule has 80 valence electrons. The minimum Gasteiger partial charge on any atom is -0.481 e. The third-order valence-electron chi connectivity index (χ3n) is 1.60. The fourth-order valence-electron chi connectivity index (χ4n) is 0.725. The van der Waals surface area contributed by atoms with Crippen molar-refractivity contribution in [2.75, 3.05) is 6.54 Å². The number of hydrogen-bond donors (Lipinski definition) is 2. The van der Waals surface area contributed by atoms with Crippen molar-refractivity contribution < 1.29 is 19.5 Å². The zero-order chi connectivity index (χ0) is 11.1. The van der Waals surface area contributed by atoms with Crippen LogP contribution in [0, 0.1) is 5.92 Å². The molecule has 0 rings (SSSR count). The molecule has 0 aromatic carbocycles. The Morgan fingerprint density at radius 2 is 1.79 bits per heavy atom. The van der Waals surface area contributed by atoms with Crippen LogP contribution in [0.25, 0.3) is 0 Å². The summed E-state index contributed by atoms with van der Waals surface area (Å²) in [6.45, 7) is 3.36. The van der Waals surface area contributed by atoms with Crippen LogP contribution in [-0.2, 0) is 14.4 Å². The van der Waals surface area contributed by atoms with Crippen LogP contribution in [0.4, 0.5) is 0 Å². The molecule has 1 amide bonds. The van der Waals surface area contributed by atoms with Crippen LogP contribution in [0.15, 0.2) is 0 Å². The van der Waals surface area contributed by atoms with Gasteiger partial charge in [0.05, 0.1) is 13.0 Å². The minimum atomic E-state index is -1.01. The van der Waals surface area contributed by atoms with E-state index in [1.807, 2.05) is 0 Å². The van der Waals surface area contributed by atoms with Gasteiger partial charge in [0.1, 0.15) is 0 Å². The molecule has 0 heterocycles.